The van der Waals surface area contributed by atoms with E-state index in [1.165, 1.54) is 46.5 Å². The molecule has 0 saturated carbocycles. The normalized spacial score (nSPS) is 13.8. The van der Waals surface area contributed by atoms with Gasteiger partial charge in [-0.25, -0.2) is 17.2 Å². The first-order valence-corrected chi connectivity index (χ1v) is 13.5. The van der Waals surface area contributed by atoms with Crippen LogP contribution in [0.3, 0.4) is 0 Å². The minimum absolute atomic E-state index is 0.0178. The molecule has 4 aromatic rings. The molecule has 0 fully saturated rings. The van der Waals surface area contributed by atoms with Crippen LogP contribution in [-0.2, 0) is 36.6 Å². The van der Waals surface area contributed by atoms with Crippen molar-refractivity contribution in [3.05, 3.63) is 113 Å². The minimum atomic E-state index is -3.90. The smallest absolute Gasteiger partial charge is 0.261 e. The van der Waals surface area contributed by atoms with E-state index in [-0.39, 0.29) is 35.7 Å². The second kappa shape index (κ2) is 10.1. The van der Waals surface area contributed by atoms with E-state index in [2.05, 4.69) is 5.10 Å². The van der Waals surface area contributed by atoms with Crippen molar-refractivity contribution >= 4 is 21.6 Å². The highest BCUT2D eigenvalue weighted by Crippen LogP contribution is 2.30. The molecule has 0 spiro atoms. The molecule has 0 aliphatic carbocycles. The zero-order valence-electron chi connectivity index (χ0n) is 20.9. The van der Waals surface area contributed by atoms with Crippen LogP contribution in [0.4, 0.5) is 14.5 Å². The third-order valence-corrected chi connectivity index (χ3v) is 8.62. The van der Waals surface area contributed by atoms with Crippen molar-refractivity contribution in [1.29, 1.82) is 0 Å². The molecular weight excluding hydrogens is 510 g/mol. The van der Waals surface area contributed by atoms with Crippen LogP contribution in [0.5, 0.6) is 0 Å². The van der Waals surface area contributed by atoms with Gasteiger partial charge in [-0.15, -0.1) is 0 Å². The first-order chi connectivity index (χ1) is 18.2. The van der Waals surface area contributed by atoms with Crippen molar-refractivity contribution in [3.63, 3.8) is 0 Å². The van der Waals surface area contributed by atoms with Gasteiger partial charge < -0.3 is 4.90 Å². The number of anilines is 1. The van der Waals surface area contributed by atoms with E-state index in [0.29, 0.717) is 23.4 Å². The van der Waals surface area contributed by atoms with Gasteiger partial charge in [0.25, 0.3) is 5.91 Å². The van der Waals surface area contributed by atoms with E-state index >= 15 is 0 Å². The number of fused-ring (bicyclic) bond motifs is 1. The molecule has 1 aliphatic rings. The van der Waals surface area contributed by atoms with Crippen molar-refractivity contribution in [2.75, 3.05) is 11.4 Å². The molecule has 0 radical (unpaired) electrons. The quantitative estimate of drug-likeness (QED) is 0.361. The second-order valence-electron chi connectivity index (χ2n) is 9.20. The molecular formula is C28H26F2N4O3S. The Kier molecular flexibility index (Phi) is 6.85. The summed E-state index contributed by atoms with van der Waals surface area (Å²) < 4.78 is 58.2. The number of hydrogen-bond donors (Lipinski definition) is 0. The van der Waals surface area contributed by atoms with Crippen LogP contribution < -0.4 is 4.90 Å². The van der Waals surface area contributed by atoms with Crippen molar-refractivity contribution in [2.45, 2.75) is 31.3 Å². The maximum atomic E-state index is 14.6. The zero-order chi connectivity index (χ0) is 27.0. The number of rotatable bonds is 6. The average Bonchev–Trinajstić information content (AvgIpc) is 3.23. The number of halogens is 2. The van der Waals surface area contributed by atoms with Gasteiger partial charge in [0.15, 0.2) is 0 Å². The lowest BCUT2D eigenvalue weighted by Crippen LogP contribution is -2.37. The number of aryl methyl sites for hydroxylation is 2. The summed E-state index contributed by atoms with van der Waals surface area (Å²) >= 11 is 0. The van der Waals surface area contributed by atoms with E-state index in [1.54, 1.807) is 42.1 Å². The molecule has 5 rings (SSSR count). The van der Waals surface area contributed by atoms with Gasteiger partial charge in [0.1, 0.15) is 11.6 Å². The van der Waals surface area contributed by atoms with E-state index in [4.69, 9.17) is 0 Å². The van der Waals surface area contributed by atoms with E-state index in [0.717, 1.165) is 11.8 Å². The molecule has 7 nitrogen and oxygen atoms in total. The molecule has 0 saturated heterocycles. The molecule has 38 heavy (non-hydrogen) atoms. The van der Waals surface area contributed by atoms with Gasteiger partial charge in [-0.1, -0.05) is 30.3 Å². The number of carbonyl (C=O) groups is 1. The van der Waals surface area contributed by atoms with Crippen molar-refractivity contribution in [3.8, 4) is 0 Å². The van der Waals surface area contributed by atoms with E-state index in [9.17, 15) is 22.0 Å². The summed E-state index contributed by atoms with van der Waals surface area (Å²) in [5.74, 6) is -1.64. The fourth-order valence-corrected chi connectivity index (χ4v) is 6.22. The van der Waals surface area contributed by atoms with Crippen molar-refractivity contribution < 1.29 is 22.0 Å². The molecule has 3 aromatic carbocycles. The average molecular weight is 537 g/mol. The van der Waals surface area contributed by atoms with E-state index < -0.39 is 27.6 Å². The van der Waals surface area contributed by atoms with Crippen LogP contribution in [0, 0.1) is 18.6 Å². The molecule has 1 amide bonds. The Morgan fingerprint density at radius 1 is 1.00 bits per heavy atom. The van der Waals surface area contributed by atoms with Crippen molar-refractivity contribution in [1.82, 2.24) is 14.1 Å². The largest absolute Gasteiger partial charge is 0.302 e. The highest BCUT2D eigenvalue weighted by molar-refractivity contribution is 7.89. The molecule has 0 N–H and O–H groups in total. The van der Waals surface area contributed by atoms with Crippen LogP contribution in [-0.4, -0.2) is 35.0 Å². The fraction of sp³-hybridized carbons (Fsp3) is 0.214. The van der Waals surface area contributed by atoms with Gasteiger partial charge in [0, 0.05) is 43.5 Å². The SMILES string of the molecule is Cc1cc(S(=O)(=O)N2CCc3c(c(CN(C(=O)c4ccccc4F)c4ccccc4)nn3C)C2)ccc1F. The molecule has 0 bridgehead atoms. The Labute approximate surface area is 220 Å². The highest BCUT2D eigenvalue weighted by Gasteiger charge is 2.33. The molecule has 0 atom stereocenters. The lowest BCUT2D eigenvalue weighted by Gasteiger charge is -2.28. The van der Waals surface area contributed by atoms with Crippen LogP contribution in [0.25, 0.3) is 0 Å². The Hall–Kier alpha value is -3.89. The Morgan fingerprint density at radius 3 is 2.42 bits per heavy atom. The maximum Gasteiger partial charge on any atom is 0.261 e. The highest BCUT2D eigenvalue weighted by atomic mass is 32.2. The summed E-state index contributed by atoms with van der Waals surface area (Å²) in [4.78, 5) is 15.0. The van der Waals surface area contributed by atoms with Gasteiger partial charge in [0.2, 0.25) is 10.0 Å². The molecule has 196 valence electrons. The third-order valence-electron chi connectivity index (χ3n) is 6.78. The van der Waals surface area contributed by atoms with Gasteiger partial charge in [-0.05, 0) is 55.0 Å². The molecule has 2 heterocycles. The number of hydrogen-bond acceptors (Lipinski definition) is 4. The summed E-state index contributed by atoms with van der Waals surface area (Å²) in [5, 5.41) is 4.63. The number of benzene rings is 3. The van der Waals surface area contributed by atoms with Gasteiger partial charge in [-0.3, -0.25) is 9.48 Å². The molecule has 0 unspecified atom stereocenters. The summed E-state index contributed by atoms with van der Waals surface area (Å²) in [7, 11) is -2.12. The number of para-hydroxylation sites is 1. The second-order valence-corrected chi connectivity index (χ2v) is 11.1. The van der Waals surface area contributed by atoms with Crippen molar-refractivity contribution in [2.24, 2.45) is 7.05 Å². The minimum Gasteiger partial charge on any atom is -0.302 e. The predicted molar refractivity (Wildman–Crippen MR) is 139 cm³/mol. The monoisotopic (exact) mass is 536 g/mol. The van der Waals surface area contributed by atoms with Gasteiger partial charge >= 0.3 is 0 Å². The molecule has 1 aromatic heterocycles. The third kappa shape index (κ3) is 4.72. The number of carbonyl (C=O) groups excluding carboxylic acids is 1. The number of sulfonamides is 1. The van der Waals surface area contributed by atoms with Crippen LogP contribution in [0.2, 0.25) is 0 Å². The lowest BCUT2D eigenvalue weighted by atomic mass is 10.1. The Bertz CT molecular complexity index is 1620. The first kappa shape index (κ1) is 25.7. The Balaban J connectivity index is 1.50. The van der Waals surface area contributed by atoms with Crippen LogP contribution in [0.15, 0.2) is 77.7 Å². The summed E-state index contributed by atoms with van der Waals surface area (Å²) in [6, 6.07) is 18.4. The number of amides is 1. The molecule has 1 aliphatic heterocycles. The topological polar surface area (TPSA) is 75.5 Å². The van der Waals surface area contributed by atoms with E-state index in [1.807, 2.05) is 6.07 Å². The maximum absolute atomic E-state index is 14.6. The predicted octanol–water partition coefficient (Wildman–Crippen LogP) is 4.60. The Morgan fingerprint density at radius 2 is 1.71 bits per heavy atom. The summed E-state index contributed by atoms with van der Waals surface area (Å²) in [6.45, 7) is 1.83. The number of aromatic nitrogens is 2. The summed E-state index contributed by atoms with van der Waals surface area (Å²) in [5.41, 5.74) is 2.82. The van der Waals surface area contributed by atoms with Crippen LogP contribution >= 0.6 is 0 Å². The summed E-state index contributed by atoms with van der Waals surface area (Å²) in [6.07, 6.45) is 0.421. The first-order valence-electron chi connectivity index (χ1n) is 12.1. The fourth-order valence-electron chi connectivity index (χ4n) is 4.72. The van der Waals surface area contributed by atoms with Gasteiger partial charge in [0.05, 0.1) is 22.7 Å². The zero-order valence-corrected chi connectivity index (χ0v) is 21.8. The number of nitrogens with zero attached hydrogens (tertiary/aromatic N) is 4. The van der Waals surface area contributed by atoms with Crippen LogP contribution in [0.1, 0.15) is 32.9 Å². The standard InChI is InChI=1S/C28H26F2N4O3S/c1-19-16-21(12-13-24(19)29)38(36,37)33-15-14-27-23(17-33)26(31-32(27)2)18-34(20-8-4-3-5-9-20)28(35)22-10-6-7-11-25(22)30/h3-13,16H,14-15,17-18H2,1-2H3. The van der Waals surface area contributed by atoms with Gasteiger partial charge in [-0.2, -0.15) is 9.40 Å². The lowest BCUT2D eigenvalue weighted by molar-refractivity contribution is 0.0980. The molecule has 10 heteroatoms.